The van der Waals surface area contributed by atoms with Crippen molar-refractivity contribution in [3.8, 4) is 5.75 Å². The Morgan fingerprint density at radius 3 is 3.12 bits per heavy atom. The molecule has 0 unspecified atom stereocenters. The highest BCUT2D eigenvalue weighted by Gasteiger charge is 2.08. The molecule has 0 atom stereocenters. The molecule has 0 radical (unpaired) electrons. The quantitative estimate of drug-likeness (QED) is 0.833. The Morgan fingerprint density at radius 2 is 2.24 bits per heavy atom. The molecule has 3 nitrogen and oxygen atoms in total. The number of nitrogens with two attached hydrogens (primary N) is 1. The highest BCUT2D eigenvalue weighted by atomic mass is 32.2. The van der Waals surface area contributed by atoms with Gasteiger partial charge in [-0.25, -0.2) is 0 Å². The SMILES string of the molecule is Nc1cccc(OCCN2CCCSCC2)c1. The van der Waals surface area contributed by atoms with E-state index in [1.165, 1.54) is 31.0 Å². The second-order valence-corrected chi connectivity index (χ2v) is 5.45. The normalized spacial score (nSPS) is 17.6. The van der Waals surface area contributed by atoms with Crippen LogP contribution in [0, 0.1) is 0 Å². The molecule has 0 aromatic heterocycles. The maximum Gasteiger partial charge on any atom is 0.121 e. The molecule has 4 heteroatoms. The monoisotopic (exact) mass is 252 g/mol. The Bertz CT molecular complexity index is 338. The Labute approximate surface area is 107 Å². The zero-order chi connectivity index (χ0) is 11.9. The topological polar surface area (TPSA) is 38.5 Å². The van der Waals surface area contributed by atoms with Crippen LogP contribution in [0.1, 0.15) is 6.42 Å². The lowest BCUT2D eigenvalue weighted by Gasteiger charge is -2.19. The van der Waals surface area contributed by atoms with E-state index in [0.717, 1.165) is 24.6 Å². The summed E-state index contributed by atoms with van der Waals surface area (Å²) in [4.78, 5) is 2.48. The largest absolute Gasteiger partial charge is 0.492 e. The summed E-state index contributed by atoms with van der Waals surface area (Å²) in [6.45, 7) is 4.14. The maximum absolute atomic E-state index is 5.70. The van der Waals surface area contributed by atoms with Crippen molar-refractivity contribution in [2.45, 2.75) is 6.42 Å². The molecule has 17 heavy (non-hydrogen) atoms. The van der Waals surface area contributed by atoms with E-state index < -0.39 is 0 Å². The molecule has 1 aliphatic rings. The van der Waals surface area contributed by atoms with Crippen LogP contribution in [0.3, 0.4) is 0 Å². The molecule has 0 spiro atoms. The van der Waals surface area contributed by atoms with Crippen molar-refractivity contribution in [3.05, 3.63) is 24.3 Å². The highest BCUT2D eigenvalue weighted by Crippen LogP contribution is 2.14. The minimum Gasteiger partial charge on any atom is -0.492 e. The van der Waals surface area contributed by atoms with Crippen LogP contribution in [0.4, 0.5) is 5.69 Å². The van der Waals surface area contributed by atoms with Crippen LogP contribution in [-0.2, 0) is 0 Å². The Kier molecular flexibility index (Phi) is 5.01. The molecule has 1 heterocycles. The minimum absolute atomic E-state index is 0.744. The first-order valence-corrected chi connectivity index (χ1v) is 7.28. The molecule has 0 amide bonds. The van der Waals surface area contributed by atoms with Crippen LogP contribution in [0.5, 0.6) is 5.75 Å². The summed E-state index contributed by atoms with van der Waals surface area (Å²) in [7, 11) is 0. The minimum atomic E-state index is 0.744. The molecular weight excluding hydrogens is 232 g/mol. The first-order chi connectivity index (χ1) is 8.34. The summed E-state index contributed by atoms with van der Waals surface area (Å²) in [6.07, 6.45) is 1.29. The summed E-state index contributed by atoms with van der Waals surface area (Å²) in [5, 5.41) is 0. The summed E-state index contributed by atoms with van der Waals surface area (Å²) in [5.41, 5.74) is 6.46. The first-order valence-electron chi connectivity index (χ1n) is 6.13. The molecule has 0 bridgehead atoms. The van der Waals surface area contributed by atoms with E-state index in [2.05, 4.69) is 16.7 Å². The summed E-state index contributed by atoms with van der Waals surface area (Å²) in [6, 6.07) is 7.62. The first kappa shape index (κ1) is 12.6. The van der Waals surface area contributed by atoms with Crippen molar-refractivity contribution in [3.63, 3.8) is 0 Å². The number of hydrogen-bond donors (Lipinski definition) is 1. The van der Waals surface area contributed by atoms with E-state index in [9.17, 15) is 0 Å². The molecule has 1 aliphatic heterocycles. The number of benzene rings is 1. The van der Waals surface area contributed by atoms with E-state index in [-0.39, 0.29) is 0 Å². The van der Waals surface area contributed by atoms with Gasteiger partial charge in [0.15, 0.2) is 0 Å². The molecule has 2 rings (SSSR count). The van der Waals surface area contributed by atoms with E-state index in [0.29, 0.717) is 0 Å². The summed E-state index contributed by atoms with van der Waals surface area (Å²) >= 11 is 2.05. The van der Waals surface area contributed by atoms with Crippen molar-refractivity contribution in [2.75, 3.05) is 43.5 Å². The van der Waals surface area contributed by atoms with Crippen LogP contribution >= 0.6 is 11.8 Å². The number of ether oxygens (including phenoxy) is 1. The van der Waals surface area contributed by atoms with Crippen molar-refractivity contribution in [1.82, 2.24) is 4.90 Å². The lowest BCUT2D eigenvalue weighted by Crippen LogP contribution is -2.30. The van der Waals surface area contributed by atoms with E-state index in [4.69, 9.17) is 10.5 Å². The van der Waals surface area contributed by atoms with Gasteiger partial charge in [0.1, 0.15) is 12.4 Å². The number of anilines is 1. The van der Waals surface area contributed by atoms with Crippen LogP contribution in [0.15, 0.2) is 24.3 Å². The van der Waals surface area contributed by atoms with Crippen LogP contribution in [0.2, 0.25) is 0 Å². The van der Waals surface area contributed by atoms with Gasteiger partial charge in [0.05, 0.1) is 0 Å². The van der Waals surface area contributed by atoms with E-state index in [1.54, 1.807) is 0 Å². The summed E-state index contributed by atoms with van der Waals surface area (Å²) in [5.74, 6) is 3.42. The number of thioether (sulfide) groups is 1. The molecule has 1 aromatic carbocycles. The van der Waals surface area contributed by atoms with Crippen molar-refractivity contribution in [1.29, 1.82) is 0 Å². The van der Waals surface area contributed by atoms with Crippen LogP contribution < -0.4 is 10.5 Å². The third-order valence-electron chi connectivity index (χ3n) is 2.85. The van der Waals surface area contributed by atoms with Gasteiger partial charge >= 0.3 is 0 Å². The molecule has 1 saturated heterocycles. The molecular formula is C13H20N2OS. The highest BCUT2D eigenvalue weighted by molar-refractivity contribution is 7.99. The fraction of sp³-hybridized carbons (Fsp3) is 0.538. The molecule has 0 saturated carbocycles. The van der Waals surface area contributed by atoms with Gasteiger partial charge < -0.3 is 10.5 Å². The second kappa shape index (κ2) is 6.77. The number of nitrogen functional groups attached to an aromatic ring is 1. The second-order valence-electron chi connectivity index (χ2n) is 4.23. The average Bonchev–Trinajstić information content (AvgIpc) is 2.58. The zero-order valence-corrected chi connectivity index (χ0v) is 10.9. The lowest BCUT2D eigenvalue weighted by atomic mass is 10.3. The van der Waals surface area contributed by atoms with E-state index >= 15 is 0 Å². The standard InChI is InChI=1S/C13H20N2OS/c14-12-3-1-4-13(11-12)16-8-6-15-5-2-9-17-10-7-15/h1,3-4,11H,2,5-10,14H2. The number of nitrogens with zero attached hydrogens (tertiary/aromatic N) is 1. The Hall–Kier alpha value is -0.870. The summed E-state index contributed by atoms with van der Waals surface area (Å²) < 4.78 is 5.70. The smallest absolute Gasteiger partial charge is 0.121 e. The maximum atomic E-state index is 5.70. The van der Waals surface area contributed by atoms with Gasteiger partial charge in [0, 0.05) is 30.6 Å². The third-order valence-corrected chi connectivity index (χ3v) is 3.90. The lowest BCUT2D eigenvalue weighted by molar-refractivity contribution is 0.219. The number of hydrogen-bond acceptors (Lipinski definition) is 4. The predicted octanol–water partition coefficient (Wildman–Crippen LogP) is 2.09. The van der Waals surface area contributed by atoms with Crippen molar-refractivity contribution < 1.29 is 4.74 Å². The van der Waals surface area contributed by atoms with Crippen molar-refractivity contribution in [2.24, 2.45) is 0 Å². The molecule has 1 aromatic rings. The third kappa shape index (κ3) is 4.48. The molecule has 1 fully saturated rings. The van der Waals surface area contributed by atoms with Gasteiger partial charge in [-0.3, -0.25) is 4.90 Å². The van der Waals surface area contributed by atoms with Gasteiger partial charge in [0.25, 0.3) is 0 Å². The van der Waals surface area contributed by atoms with Gasteiger partial charge in [-0.05, 0) is 30.9 Å². The van der Waals surface area contributed by atoms with Gasteiger partial charge in [-0.2, -0.15) is 11.8 Å². The predicted molar refractivity (Wildman–Crippen MR) is 74.7 cm³/mol. The van der Waals surface area contributed by atoms with Crippen LogP contribution in [0.25, 0.3) is 0 Å². The average molecular weight is 252 g/mol. The molecule has 94 valence electrons. The van der Waals surface area contributed by atoms with Gasteiger partial charge in [-0.1, -0.05) is 6.07 Å². The fourth-order valence-corrected chi connectivity index (χ4v) is 2.84. The Balaban J connectivity index is 1.71. The van der Waals surface area contributed by atoms with Gasteiger partial charge in [0.2, 0.25) is 0 Å². The number of rotatable bonds is 4. The molecule has 0 aliphatic carbocycles. The zero-order valence-electron chi connectivity index (χ0n) is 10.1. The van der Waals surface area contributed by atoms with Crippen LogP contribution in [-0.4, -0.2) is 42.6 Å². The molecule has 2 N–H and O–H groups in total. The van der Waals surface area contributed by atoms with Gasteiger partial charge in [-0.15, -0.1) is 0 Å². The Morgan fingerprint density at radius 1 is 1.29 bits per heavy atom. The fourth-order valence-electron chi connectivity index (χ4n) is 1.92. The van der Waals surface area contributed by atoms with Crippen molar-refractivity contribution >= 4 is 17.4 Å². The van der Waals surface area contributed by atoms with E-state index in [1.807, 2.05) is 24.3 Å².